The summed E-state index contributed by atoms with van der Waals surface area (Å²) in [6, 6.07) is 18.4. The van der Waals surface area contributed by atoms with Crippen LogP contribution in [0.25, 0.3) is 0 Å². The van der Waals surface area contributed by atoms with Crippen LogP contribution in [0.4, 0.5) is 11.4 Å². The molecule has 4 rings (SSSR count). The van der Waals surface area contributed by atoms with Gasteiger partial charge in [0.05, 0.1) is 0 Å². The van der Waals surface area contributed by atoms with Crippen molar-refractivity contribution in [1.29, 1.82) is 0 Å². The highest BCUT2D eigenvalue weighted by Crippen LogP contribution is 2.48. The zero-order valence-electron chi connectivity index (χ0n) is 13.4. The van der Waals surface area contributed by atoms with Crippen molar-refractivity contribution in [1.82, 2.24) is 0 Å². The third kappa shape index (κ3) is 2.46. The summed E-state index contributed by atoms with van der Waals surface area (Å²) >= 11 is 0. The molecule has 124 valence electrons. The van der Waals surface area contributed by atoms with E-state index < -0.39 is 5.91 Å². The summed E-state index contributed by atoms with van der Waals surface area (Å²) < 4.78 is 6.01. The van der Waals surface area contributed by atoms with Crippen LogP contribution in [0, 0.1) is 0 Å². The molecule has 5 nitrogen and oxygen atoms in total. The number of benzene rings is 3. The number of carbonyl (C=O) groups excluding carboxylic acids is 1. The first-order chi connectivity index (χ1) is 12.0. The van der Waals surface area contributed by atoms with Gasteiger partial charge in [0.2, 0.25) is 5.91 Å². The Morgan fingerprint density at radius 1 is 0.800 bits per heavy atom. The first kappa shape index (κ1) is 15.1. The molecule has 0 aromatic heterocycles. The van der Waals surface area contributed by atoms with E-state index >= 15 is 0 Å². The van der Waals surface area contributed by atoms with E-state index in [0.29, 0.717) is 28.4 Å². The lowest BCUT2D eigenvalue weighted by molar-refractivity contribution is 0.0999. The summed E-state index contributed by atoms with van der Waals surface area (Å²) in [5.74, 6) is 0.657. The number of primary amides is 1. The Morgan fingerprint density at radius 2 is 1.36 bits per heavy atom. The van der Waals surface area contributed by atoms with E-state index in [-0.39, 0.29) is 5.92 Å². The molecule has 25 heavy (non-hydrogen) atoms. The normalized spacial score (nSPS) is 12.8. The first-order valence-corrected chi connectivity index (χ1v) is 7.90. The average molecular weight is 331 g/mol. The molecule has 0 bridgehead atoms. The van der Waals surface area contributed by atoms with E-state index in [4.69, 9.17) is 21.9 Å². The van der Waals surface area contributed by atoms with E-state index in [1.54, 1.807) is 24.3 Å². The highest BCUT2D eigenvalue weighted by molar-refractivity contribution is 5.95. The number of rotatable bonds is 2. The molecule has 0 unspecified atom stereocenters. The molecular weight excluding hydrogens is 314 g/mol. The lowest BCUT2D eigenvalue weighted by Gasteiger charge is -2.30. The molecule has 1 aliphatic heterocycles. The molecule has 3 aromatic carbocycles. The van der Waals surface area contributed by atoms with Crippen LogP contribution < -0.4 is 21.9 Å². The van der Waals surface area contributed by atoms with Crippen LogP contribution in [0.1, 0.15) is 33.0 Å². The number of hydrogen-bond acceptors (Lipinski definition) is 4. The van der Waals surface area contributed by atoms with Gasteiger partial charge < -0.3 is 21.9 Å². The van der Waals surface area contributed by atoms with Gasteiger partial charge >= 0.3 is 0 Å². The third-order valence-electron chi connectivity index (χ3n) is 4.45. The number of nitrogens with two attached hydrogens (primary N) is 3. The molecule has 0 atom stereocenters. The van der Waals surface area contributed by atoms with Crippen molar-refractivity contribution < 1.29 is 9.53 Å². The zero-order valence-corrected chi connectivity index (χ0v) is 13.4. The quantitative estimate of drug-likeness (QED) is 0.490. The van der Waals surface area contributed by atoms with Crippen molar-refractivity contribution in [3.05, 3.63) is 82.9 Å². The minimum Gasteiger partial charge on any atom is -0.457 e. The second kappa shape index (κ2) is 5.56. The monoisotopic (exact) mass is 331 g/mol. The predicted molar refractivity (Wildman–Crippen MR) is 97.7 cm³/mol. The molecule has 5 heteroatoms. The van der Waals surface area contributed by atoms with Crippen LogP contribution >= 0.6 is 0 Å². The van der Waals surface area contributed by atoms with E-state index in [1.807, 2.05) is 36.4 Å². The van der Waals surface area contributed by atoms with Crippen LogP contribution in [0.2, 0.25) is 0 Å². The molecule has 6 N–H and O–H groups in total. The van der Waals surface area contributed by atoms with E-state index in [9.17, 15) is 4.79 Å². The number of hydrogen-bond donors (Lipinski definition) is 3. The Kier molecular flexibility index (Phi) is 3.35. The van der Waals surface area contributed by atoms with Crippen molar-refractivity contribution in [2.45, 2.75) is 5.92 Å². The van der Waals surface area contributed by atoms with Crippen LogP contribution in [0.15, 0.2) is 60.7 Å². The Bertz CT molecular complexity index is 946. The van der Waals surface area contributed by atoms with Gasteiger partial charge in [-0.05, 0) is 23.8 Å². The summed E-state index contributed by atoms with van der Waals surface area (Å²) in [5.41, 5.74) is 21.8. The van der Waals surface area contributed by atoms with Gasteiger partial charge in [0, 0.05) is 46.1 Å². The van der Waals surface area contributed by atoms with E-state index in [1.165, 1.54) is 0 Å². The lowest BCUT2D eigenvalue weighted by Crippen LogP contribution is -2.19. The van der Waals surface area contributed by atoms with Gasteiger partial charge in [-0.15, -0.1) is 0 Å². The van der Waals surface area contributed by atoms with Crippen molar-refractivity contribution >= 4 is 17.3 Å². The molecule has 1 heterocycles. The van der Waals surface area contributed by atoms with Gasteiger partial charge in [0.15, 0.2) is 0 Å². The average Bonchev–Trinajstić information content (AvgIpc) is 2.59. The number of nitrogen functional groups attached to an aromatic ring is 2. The van der Waals surface area contributed by atoms with Gasteiger partial charge in [-0.2, -0.15) is 0 Å². The molecule has 1 amide bonds. The van der Waals surface area contributed by atoms with Crippen LogP contribution in [0.3, 0.4) is 0 Å². The van der Waals surface area contributed by atoms with E-state index in [0.717, 1.165) is 16.7 Å². The van der Waals surface area contributed by atoms with Crippen molar-refractivity contribution in [3.8, 4) is 11.5 Å². The predicted octanol–water partition coefficient (Wildman–Crippen LogP) is 3.24. The molecule has 0 radical (unpaired) electrons. The Labute approximate surface area is 145 Å². The molecule has 0 spiro atoms. The number of ether oxygens (including phenoxy) is 1. The summed E-state index contributed by atoms with van der Waals surface area (Å²) in [4.78, 5) is 11.9. The minimum atomic E-state index is -0.462. The smallest absolute Gasteiger partial charge is 0.249 e. The number of carbonyl (C=O) groups is 1. The minimum absolute atomic E-state index is 0.191. The van der Waals surface area contributed by atoms with Crippen LogP contribution in [0.5, 0.6) is 11.5 Å². The zero-order chi connectivity index (χ0) is 17.6. The molecule has 0 saturated carbocycles. The largest absolute Gasteiger partial charge is 0.457 e. The molecule has 3 aromatic rings. The fourth-order valence-corrected chi connectivity index (χ4v) is 3.35. The number of anilines is 2. The Morgan fingerprint density at radius 3 is 1.92 bits per heavy atom. The van der Waals surface area contributed by atoms with Crippen molar-refractivity contribution in [2.24, 2.45) is 5.73 Å². The molecule has 0 aliphatic carbocycles. The Hall–Kier alpha value is -3.47. The maximum Gasteiger partial charge on any atom is 0.249 e. The Balaban J connectivity index is 2.01. The fourth-order valence-electron chi connectivity index (χ4n) is 3.35. The molecule has 1 aliphatic rings. The van der Waals surface area contributed by atoms with E-state index in [2.05, 4.69) is 0 Å². The van der Waals surface area contributed by atoms with Gasteiger partial charge in [-0.1, -0.05) is 30.3 Å². The second-order valence-electron chi connectivity index (χ2n) is 6.08. The third-order valence-corrected chi connectivity index (χ3v) is 4.45. The molecule has 0 saturated heterocycles. The topological polar surface area (TPSA) is 104 Å². The SMILES string of the molecule is NC(=O)c1ccccc1C1c2ccc(N)cc2Oc2cc(N)ccc21. The highest BCUT2D eigenvalue weighted by Gasteiger charge is 2.31. The van der Waals surface area contributed by atoms with Crippen molar-refractivity contribution in [3.63, 3.8) is 0 Å². The van der Waals surface area contributed by atoms with Crippen molar-refractivity contribution in [2.75, 3.05) is 11.5 Å². The second-order valence-corrected chi connectivity index (χ2v) is 6.08. The van der Waals surface area contributed by atoms with Crippen LogP contribution in [-0.2, 0) is 0 Å². The van der Waals surface area contributed by atoms with Gasteiger partial charge in [-0.3, -0.25) is 4.79 Å². The number of fused-ring (bicyclic) bond motifs is 2. The van der Waals surface area contributed by atoms with Crippen LogP contribution in [-0.4, -0.2) is 5.91 Å². The standard InChI is InChI=1S/C20H17N3O2/c21-11-5-7-15-17(9-11)25-18-10-12(22)6-8-16(18)19(15)13-3-1-2-4-14(13)20(23)24/h1-10,19H,21-22H2,(H2,23,24). The fraction of sp³-hybridized carbons (Fsp3) is 0.0500. The molecule has 0 fully saturated rings. The summed E-state index contributed by atoms with van der Waals surface area (Å²) in [6.07, 6.45) is 0. The van der Waals surface area contributed by atoms with Gasteiger partial charge in [-0.25, -0.2) is 0 Å². The maximum absolute atomic E-state index is 11.9. The highest BCUT2D eigenvalue weighted by atomic mass is 16.5. The lowest BCUT2D eigenvalue weighted by atomic mass is 9.80. The summed E-state index contributed by atoms with van der Waals surface area (Å²) in [6.45, 7) is 0. The van der Waals surface area contributed by atoms with Gasteiger partial charge in [0.1, 0.15) is 11.5 Å². The summed E-state index contributed by atoms with van der Waals surface area (Å²) in [7, 11) is 0. The van der Waals surface area contributed by atoms with Gasteiger partial charge in [0.25, 0.3) is 0 Å². The first-order valence-electron chi connectivity index (χ1n) is 7.90. The molecular formula is C20H17N3O2. The number of amides is 1. The summed E-state index contributed by atoms with van der Waals surface area (Å²) in [5, 5.41) is 0. The maximum atomic E-state index is 11.9.